The number of halogens is 1. The number of anilines is 1. The van der Waals surface area contributed by atoms with Crippen LogP contribution >= 0.6 is 22.6 Å². The topological polar surface area (TPSA) is 139 Å². The molecular weight excluding hydrogens is 367 g/mol. The molecule has 1 aliphatic heterocycles. The third-order valence-corrected chi connectivity index (χ3v) is 3.95. The number of aliphatic hydroxyl groups is 1. The van der Waals surface area contributed by atoms with Crippen LogP contribution in [0.2, 0.25) is 0 Å². The molecule has 1 aliphatic rings. The fraction of sp³-hybridized carbons (Fsp3) is 0.556. The third-order valence-electron chi connectivity index (χ3n) is 2.85. The molecule has 10 heteroatoms. The Morgan fingerprint density at radius 3 is 3.16 bits per heavy atom. The molecule has 102 valence electrons. The van der Waals surface area contributed by atoms with Crippen molar-refractivity contribution in [3.8, 4) is 0 Å². The highest BCUT2D eigenvalue weighted by molar-refractivity contribution is 14.1. The number of azide groups is 1. The predicted molar refractivity (Wildman–Crippen MR) is 74.4 cm³/mol. The maximum Gasteiger partial charge on any atom is 0.351 e. The predicted octanol–water partition coefficient (Wildman–Crippen LogP) is 0.547. The van der Waals surface area contributed by atoms with E-state index in [0.29, 0.717) is 0 Å². The maximum atomic E-state index is 11.7. The fourth-order valence-corrected chi connectivity index (χ4v) is 2.71. The van der Waals surface area contributed by atoms with E-state index in [0.717, 1.165) is 0 Å². The SMILES string of the molecule is [N-]=[N+]=N[C@]1(CI)O[C@@H](n2ccc(N)nc2=O)C[C@@H]1O. The van der Waals surface area contributed by atoms with Crippen LogP contribution in [0, 0.1) is 0 Å². The van der Waals surface area contributed by atoms with E-state index in [9.17, 15) is 9.90 Å². The number of hydrogen-bond acceptors (Lipinski definition) is 6. The lowest BCUT2D eigenvalue weighted by atomic mass is 10.1. The fourth-order valence-electron chi connectivity index (χ4n) is 1.87. The summed E-state index contributed by atoms with van der Waals surface area (Å²) in [7, 11) is 0. The molecule has 0 amide bonds. The molecule has 0 saturated carbocycles. The van der Waals surface area contributed by atoms with E-state index in [4.69, 9.17) is 16.0 Å². The highest BCUT2D eigenvalue weighted by Crippen LogP contribution is 2.38. The lowest BCUT2D eigenvalue weighted by Crippen LogP contribution is -2.38. The number of alkyl halides is 1. The van der Waals surface area contributed by atoms with Gasteiger partial charge in [-0.15, -0.1) is 0 Å². The van der Waals surface area contributed by atoms with Gasteiger partial charge in [-0.25, -0.2) is 4.79 Å². The first-order valence-electron chi connectivity index (χ1n) is 5.35. The molecule has 0 aromatic carbocycles. The Morgan fingerprint density at radius 1 is 1.84 bits per heavy atom. The van der Waals surface area contributed by atoms with Gasteiger partial charge in [0.05, 0.1) is 6.10 Å². The summed E-state index contributed by atoms with van der Waals surface area (Å²) in [6, 6.07) is 1.45. The second-order valence-corrected chi connectivity index (χ2v) is 4.80. The molecule has 1 aromatic rings. The first-order chi connectivity index (χ1) is 9.02. The minimum absolute atomic E-state index is 0.106. The summed E-state index contributed by atoms with van der Waals surface area (Å²) in [6.07, 6.45) is -0.166. The number of nitrogen functional groups attached to an aromatic ring is 1. The Morgan fingerprint density at radius 2 is 2.58 bits per heavy atom. The first-order valence-corrected chi connectivity index (χ1v) is 6.88. The van der Waals surface area contributed by atoms with Gasteiger partial charge in [0, 0.05) is 22.0 Å². The van der Waals surface area contributed by atoms with E-state index in [1.54, 1.807) is 0 Å². The molecule has 0 radical (unpaired) electrons. The number of nitrogens with zero attached hydrogens (tertiary/aromatic N) is 5. The van der Waals surface area contributed by atoms with Gasteiger partial charge in [-0.3, -0.25) is 4.57 Å². The molecule has 1 aromatic heterocycles. The third kappa shape index (κ3) is 2.52. The van der Waals surface area contributed by atoms with Crippen LogP contribution in [-0.4, -0.2) is 30.9 Å². The van der Waals surface area contributed by atoms with Crippen molar-refractivity contribution in [2.24, 2.45) is 5.11 Å². The molecule has 2 rings (SSSR count). The lowest BCUT2D eigenvalue weighted by molar-refractivity contribution is -0.0819. The minimum atomic E-state index is -1.36. The van der Waals surface area contributed by atoms with Crippen molar-refractivity contribution in [3.63, 3.8) is 0 Å². The van der Waals surface area contributed by atoms with Gasteiger partial charge in [0.1, 0.15) is 12.0 Å². The van der Waals surface area contributed by atoms with E-state index in [1.165, 1.54) is 16.8 Å². The zero-order valence-corrected chi connectivity index (χ0v) is 11.8. The Hall–Kier alpha value is -1.36. The summed E-state index contributed by atoms with van der Waals surface area (Å²) in [5.41, 5.74) is 12.0. The Kier molecular flexibility index (Phi) is 3.94. The van der Waals surface area contributed by atoms with Gasteiger partial charge < -0.3 is 15.6 Å². The molecular formula is C9H11IN6O3. The van der Waals surface area contributed by atoms with E-state index in [1.807, 2.05) is 22.6 Å². The molecule has 0 unspecified atom stereocenters. The minimum Gasteiger partial charge on any atom is -0.390 e. The molecule has 1 saturated heterocycles. The van der Waals surface area contributed by atoms with Gasteiger partial charge in [-0.1, -0.05) is 27.7 Å². The molecule has 1 fully saturated rings. The van der Waals surface area contributed by atoms with Crippen LogP contribution in [0.1, 0.15) is 12.6 Å². The molecule has 19 heavy (non-hydrogen) atoms. The second-order valence-electron chi connectivity index (χ2n) is 4.03. The quantitative estimate of drug-likeness (QED) is 0.260. The highest BCUT2D eigenvalue weighted by Gasteiger charge is 2.48. The Balaban J connectivity index is 2.35. The van der Waals surface area contributed by atoms with E-state index < -0.39 is 23.7 Å². The average Bonchev–Trinajstić information content (AvgIpc) is 2.67. The van der Waals surface area contributed by atoms with E-state index >= 15 is 0 Å². The summed E-state index contributed by atoms with van der Waals surface area (Å²) < 4.78 is 7.04. The van der Waals surface area contributed by atoms with E-state index in [-0.39, 0.29) is 16.7 Å². The van der Waals surface area contributed by atoms with Crippen LogP contribution in [0.25, 0.3) is 10.4 Å². The van der Waals surface area contributed by atoms with Gasteiger partial charge in [-0.2, -0.15) is 4.98 Å². The summed E-state index contributed by atoms with van der Waals surface area (Å²) in [5, 5.41) is 13.5. The van der Waals surface area contributed by atoms with Crippen molar-refractivity contribution in [3.05, 3.63) is 33.2 Å². The standard InChI is InChI=1S/C9H11IN6O3/c10-4-9(14-15-12)5(17)3-7(19-9)16-2-1-6(11)13-8(16)18/h1-2,5,7,17H,3-4H2,(H2,11,13,18)/t5-,7+,9+/m0/s1. The molecule has 0 bridgehead atoms. The molecule has 3 N–H and O–H groups in total. The van der Waals surface area contributed by atoms with E-state index in [2.05, 4.69) is 15.0 Å². The Labute approximate surface area is 121 Å². The van der Waals surface area contributed by atoms with Crippen LogP contribution in [0.5, 0.6) is 0 Å². The number of nitrogens with two attached hydrogens (primary N) is 1. The normalized spacial score (nSPS) is 30.0. The van der Waals surface area contributed by atoms with Crippen molar-refractivity contribution in [2.45, 2.75) is 24.5 Å². The lowest BCUT2D eigenvalue weighted by Gasteiger charge is -2.24. The van der Waals surface area contributed by atoms with Gasteiger partial charge in [0.25, 0.3) is 0 Å². The van der Waals surface area contributed by atoms with Crippen molar-refractivity contribution >= 4 is 28.4 Å². The zero-order chi connectivity index (χ0) is 14.0. The molecule has 2 heterocycles. The molecule has 0 aliphatic carbocycles. The van der Waals surface area contributed by atoms with Gasteiger partial charge in [0.2, 0.25) is 0 Å². The number of ether oxygens (including phenoxy) is 1. The van der Waals surface area contributed by atoms with Crippen molar-refractivity contribution in [1.29, 1.82) is 0 Å². The van der Waals surface area contributed by atoms with Crippen LogP contribution < -0.4 is 11.4 Å². The van der Waals surface area contributed by atoms with Gasteiger partial charge in [0.15, 0.2) is 5.72 Å². The van der Waals surface area contributed by atoms with Crippen LogP contribution in [0.4, 0.5) is 5.82 Å². The largest absolute Gasteiger partial charge is 0.390 e. The van der Waals surface area contributed by atoms with Crippen molar-refractivity contribution in [1.82, 2.24) is 9.55 Å². The summed E-state index contributed by atoms with van der Waals surface area (Å²) >= 11 is 1.95. The zero-order valence-electron chi connectivity index (χ0n) is 9.68. The molecule has 9 nitrogen and oxygen atoms in total. The molecule has 0 spiro atoms. The number of aromatic nitrogens is 2. The van der Waals surface area contributed by atoms with Crippen LogP contribution in [0.15, 0.2) is 22.2 Å². The van der Waals surface area contributed by atoms with Gasteiger partial charge in [-0.05, 0) is 11.6 Å². The first kappa shape index (κ1) is 14.1. The van der Waals surface area contributed by atoms with Crippen molar-refractivity contribution < 1.29 is 9.84 Å². The smallest absolute Gasteiger partial charge is 0.351 e. The number of rotatable bonds is 3. The summed E-state index contributed by atoms with van der Waals surface area (Å²) in [4.78, 5) is 18.0. The van der Waals surface area contributed by atoms with Gasteiger partial charge >= 0.3 is 5.69 Å². The average molecular weight is 378 g/mol. The summed E-state index contributed by atoms with van der Waals surface area (Å²) in [5.74, 6) is 0.106. The Bertz CT molecular complexity index is 586. The second kappa shape index (κ2) is 5.33. The van der Waals surface area contributed by atoms with Crippen molar-refractivity contribution in [2.75, 3.05) is 10.2 Å². The van der Waals surface area contributed by atoms with Crippen LogP contribution in [-0.2, 0) is 4.74 Å². The van der Waals surface area contributed by atoms with Crippen LogP contribution in [0.3, 0.4) is 0 Å². The monoisotopic (exact) mass is 378 g/mol. The summed E-state index contributed by atoms with van der Waals surface area (Å²) in [6.45, 7) is 0. The highest BCUT2D eigenvalue weighted by atomic mass is 127. The number of hydrogen-bond donors (Lipinski definition) is 2. The number of aliphatic hydroxyl groups excluding tert-OH is 1. The molecule has 3 atom stereocenters. The maximum absolute atomic E-state index is 11.7.